The summed E-state index contributed by atoms with van der Waals surface area (Å²) >= 11 is 3.04. The van der Waals surface area contributed by atoms with Crippen LogP contribution in [-0.4, -0.2) is 7.11 Å². The summed E-state index contributed by atoms with van der Waals surface area (Å²) in [5, 5.41) is 8.92. The highest BCUT2D eigenvalue weighted by Gasteiger charge is 2.35. The number of nitrogens with zero attached hydrogens (tertiary/aromatic N) is 1. The molecule has 0 atom stereocenters. The van der Waals surface area contributed by atoms with Crippen molar-refractivity contribution in [1.29, 1.82) is 5.26 Å². The van der Waals surface area contributed by atoms with Gasteiger partial charge in [0.05, 0.1) is 18.2 Å². The molecule has 0 aromatic heterocycles. The van der Waals surface area contributed by atoms with Crippen molar-refractivity contribution < 1.29 is 17.9 Å². The predicted molar refractivity (Wildman–Crippen MR) is 55.3 cm³/mol. The van der Waals surface area contributed by atoms with Gasteiger partial charge in [0.25, 0.3) is 0 Å². The first-order chi connectivity index (χ1) is 7.45. The summed E-state index contributed by atoms with van der Waals surface area (Å²) in [6, 6.07) is 3.63. The Hall–Kier alpha value is -1.22. The molecular formula is C10H7BrF3NO. The smallest absolute Gasteiger partial charge is 0.417 e. The molecule has 0 aliphatic heterocycles. The molecule has 0 N–H and O–H groups in total. The lowest BCUT2D eigenvalue weighted by Gasteiger charge is -2.14. The minimum atomic E-state index is -4.53. The van der Waals surface area contributed by atoms with Gasteiger partial charge in [-0.15, -0.1) is 0 Å². The van der Waals surface area contributed by atoms with Gasteiger partial charge in [0.2, 0.25) is 0 Å². The molecule has 0 unspecified atom stereocenters. The Morgan fingerprint density at radius 2 is 2.06 bits per heavy atom. The molecule has 0 saturated carbocycles. The maximum Gasteiger partial charge on any atom is 0.417 e. The van der Waals surface area contributed by atoms with Crippen LogP contribution in [-0.2, 0) is 11.5 Å². The van der Waals surface area contributed by atoms with Crippen LogP contribution in [0.5, 0.6) is 5.75 Å². The standard InChI is InChI=1S/C10H7BrF3NO/c1-16-9-3-2-8(10(12,13)14)7(5-15)6(9)4-11/h2-3H,4H2,1H3. The molecule has 0 amide bonds. The monoisotopic (exact) mass is 293 g/mol. The number of rotatable bonds is 2. The Morgan fingerprint density at radius 3 is 2.44 bits per heavy atom. The molecule has 0 fully saturated rings. The Morgan fingerprint density at radius 1 is 1.44 bits per heavy atom. The van der Waals surface area contributed by atoms with Crippen LogP contribution in [0.4, 0.5) is 13.2 Å². The molecule has 0 spiro atoms. The molecule has 1 aromatic rings. The second-order valence-electron chi connectivity index (χ2n) is 2.91. The van der Waals surface area contributed by atoms with Crippen molar-refractivity contribution >= 4 is 15.9 Å². The summed E-state index contributed by atoms with van der Waals surface area (Å²) in [6.45, 7) is 0. The Kier molecular flexibility index (Phi) is 3.81. The van der Waals surface area contributed by atoms with E-state index in [0.29, 0.717) is 0 Å². The van der Waals surface area contributed by atoms with Gasteiger partial charge < -0.3 is 4.74 Å². The minimum Gasteiger partial charge on any atom is -0.496 e. The fraction of sp³-hybridized carbons (Fsp3) is 0.300. The van der Waals surface area contributed by atoms with Gasteiger partial charge in [0.15, 0.2) is 0 Å². The molecule has 1 rings (SSSR count). The topological polar surface area (TPSA) is 33.0 Å². The molecule has 6 heteroatoms. The Bertz CT molecular complexity index is 437. The van der Waals surface area contributed by atoms with Crippen molar-refractivity contribution in [2.24, 2.45) is 0 Å². The summed E-state index contributed by atoms with van der Waals surface area (Å²) in [7, 11) is 1.34. The van der Waals surface area contributed by atoms with Gasteiger partial charge in [-0.2, -0.15) is 18.4 Å². The van der Waals surface area contributed by atoms with Crippen molar-refractivity contribution in [3.8, 4) is 11.8 Å². The van der Waals surface area contributed by atoms with Crippen molar-refractivity contribution in [2.45, 2.75) is 11.5 Å². The second kappa shape index (κ2) is 4.74. The number of alkyl halides is 4. The highest BCUT2D eigenvalue weighted by Crippen LogP contribution is 2.37. The third-order valence-electron chi connectivity index (χ3n) is 2.04. The van der Waals surface area contributed by atoms with E-state index in [2.05, 4.69) is 15.9 Å². The van der Waals surface area contributed by atoms with E-state index in [-0.39, 0.29) is 16.6 Å². The largest absolute Gasteiger partial charge is 0.496 e. The van der Waals surface area contributed by atoms with Crippen LogP contribution in [0.1, 0.15) is 16.7 Å². The molecule has 0 aliphatic rings. The van der Waals surface area contributed by atoms with E-state index in [4.69, 9.17) is 10.00 Å². The van der Waals surface area contributed by atoms with E-state index in [1.807, 2.05) is 0 Å². The van der Waals surface area contributed by atoms with Gasteiger partial charge in [-0.05, 0) is 12.1 Å². The zero-order valence-electron chi connectivity index (χ0n) is 8.23. The molecule has 1 aromatic carbocycles. The van der Waals surface area contributed by atoms with Crippen molar-refractivity contribution in [3.05, 3.63) is 28.8 Å². The van der Waals surface area contributed by atoms with Crippen LogP contribution in [0.25, 0.3) is 0 Å². The quantitative estimate of drug-likeness (QED) is 0.782. The summed E-state index contributed by atoms with van der Waals surface area (Å²) in [4.78, 5) is 0. The number of benzene rings is 1. The van der Waals surface area contributed by atoms with Gasteiger partial charge in [-0.25, -0.2) is 0 Å². The Balaban J connectivity index is 3.52. The first-order valence-corrected chi connectivity index (χ1v) is 5.31. The number of halogens is 4. The van der Waals surface area contributed by atoms with E-state index in [1.54, 1.807) is 6.07 Å². The van der Waals surface area contributed by atoms with Crippen LogP contribution in [0, 0.1) is 11.3 Å². The number of hydrogen-bond acceptors (Lipinski definition) is 2. The molecule has 0 heterocycles. The summed E-state index contributed by atoms with van der Waals surface area (Å²) in [5.74, 6) is 0.265. The van der Waals surface area contributed by atoms with Crippen LogP contribution in [0.3, 0.4) is 0 Å². The van der Waals surface area contributed by atoms with Crippen LogP contribution in [0.15, 0.2) is 12.1 Å². The number of methoxy groups -OCH3 is 1. The van der Waals surface area contributed by atoms with Crippen molar-refractivity contribution in [3.63, 3.8) is 0 Å². The van der Waals surface area contributed by atoms with E-state index < -0.39 is 17.3 Å². The maximum atomic E-state index is 12.6. The third-order valence-corrected chi connectivity index (χ3v) is 2.60. The SMILES string of the molecule is COc1ccc(C(F)(F)F)c(C#N)c1CBr. The lowest BCUT2D eigenvalue weighted by atomic mass is 10.0. The normalized spacial score (nSPS) is 11.0. The second-order valence-corrected chi connectivity index (χ2v) is 3.47. The molecule has 0 aliphatic carbocycles. The highest BCUT2D eigenvalue weighted by atomic mass is 79.9. The number of nitriles is 1. The van der Waals surface area contributed by atoms with Crippen molar-refractivity contribution in [2.75, 3.05) is 7.11 Å². The fourth-order valence-corrected chi connectivity index (χ4v) is 1.87. The third kappa shape index (κ3) is 2.30. The van der Waals surface area contributed by atoms with Gasteiger partial charge >= 0.3 is 6.18 Å². The molecule has 0 bridgehead atoms. The zero-order valence-corrected chi connectivity index (χ0v) is 9.82. The van der Waals surface area contributed by atoms with Gasteiger partial charge in [0.1, 0.15) is 11.8 Å². The maximum absolute atomic E-state index is 12.6. The predicted octanol–water partition coefficient (Wildman–Crippen LogP) is 3.48. The minimum absolute atomic E-state index is 0.128. The van der Waals surface area contributed by atoms with Crippen LogP contribution in [0.2, 0.25) is 0 Å². The molecule has 0 saturated heterocycles. The summed E-state index contributed by atoms with van der Waals surface area (Å²) in [6.07, 6.45) is -4.53. The lowest BCUT2D eigenvalue weighted by molar-refractivity contribution is -0.137. The Labute approximate surface area is 98.8 Å². The first kappa shape index (κ1) is 12.8. The van der Waals surface area contributed by atoms with E-state index in [0.717, 1.165) is 6.07 Å². The van der Waals surface area contributed by atoms with E-state index >= 15 is 0 Å². The first-order valence-electron chi connectivity index (χ1n) is 4.18. The van der Waals surface area contributed by atoms with Crippen LogP contribution >= 0.6 is 15.9 Å². The van der Waals surface area contributed by atoms with Gasteiger partial charge in [-0.1, -0.05) is 15.9 Å². The van der Waals surface area contributed by atoms with Gasteiger partial charge in [0, 0.05) is 10.9 Å². The molecule has 2 nitrogen and oxygen atoms in total. The summed E-state index contributed by atoms with van der Waals surface area (Å²) in [5.41, 5.74) is -1.13. The van der Waals surface area contributed by atoms with E-state index in [1.165, 1.54) is 13.2 Å². The highest BCUT2D eigenvalue weighted by molar-refractivity contribution is 9.08. The van der Waals surface area contributed by atoms with Gasteiger partial charge in [-0.3, -0.25) is 0 Å². The average Bonchev–Trinajstić information content (AvgIpc) is 2.25. The average molecular weight is 294 g/mol. The van der Waals surface area contributed by atoms with Crippen molar-refractivity contribution in [1.82, 2.24) is 0 Å². The summed E-state index contributed by atoms with van der Waals surface area (Å²) < 4.78 is 42.6. The zero-order chi connectivity index (χ0) is 12.3. The molecule has 86 valence electrons. The molecule has 16 heavy (non-hydrogen) atoms. The molecular weight excluding hydrogens is 287 g/mol. The fourth-order valence-electron chi connectivity index (χ4n) is 1.32. The van der Waals surface area contributed by atoms with Crippen LogP contribution < -0.4 is 4.74 Å². The van der Waals surface area contributed by atoms with E-state index in [9.17, 15) is 13.2 Å². The lowest BCUT2D eigenvalue weighted by Crippen LogP contribution is -2.10. The number of ether oxygens (including phenoxy) is 1. The number of hydrogen-bond donors (Lipinski definition) is 0. The molecule has 0 radical (unpaired) electrons.